The van der Waals surface area contributed by atoms with E-state index >= 15 is 0 Å². The number of nitrogens with zero attached hydrogens (tertiary/aromatic N) is 5. The van der Waals surface area contributed by atoms with Crippen molar-refractivity contribution < 1.29 is 14.5 Å². The Morgan fingerprint density at radius 1 is 0.946 bits per heavy atom. The van der Waals surface area contributed by atoms with E-state index in [2.05, 4.69) is 4.90 Å². The standard InChI is InChI=1S/C28H27N5O4/c1-2-37-27-11-7-6-10-25(27)30-16-18-31(19-17-30)28(34)26-20-24(21-8-4-3-5-9-21)29-32(26)22-12-14-23(15-13-22)33(35)36/h3-15,20H,2,16-19H2,1H3. The Morgan fingerprint density at radius 3 is 2.30 bits per heavy atom. The van der Waals surface area contributed by atoms with Crippen LogP contribution < -0.4 is 9.64 Å². The number of rotatable bonds is 7. The third-order valence-corrected chi connectivity index (χ3v) is 6.38. The number of piperazine rings is 1. The Bertz CT molecular complexity index is 1390. The lowest BCUT2D eigenvalue weighted by Crippen LogP contribution is -2.49. The molecule has 1 aliphatic rings. The van der Waals surface area contributed by atoms with Crippen LogP contribution >= 0.6 is 0 Å². The van der Waals surface area contributed by atoms with Crippen molar-refractivity contribution in [3.8, 4) is 22.7 Å². The van der Waals surface area contributed by atoms with Crippen LogP contribution in [0.2, 0.25) is 0 Å². The highest BCUT2D eigenvalue weighted by atomic mass is 16.6. The molecule has 3 aromatic carbocycles. The monoisotopic (exact) mass is 497 g/mol. The van der Waals surface area contributed by atoms with Crippen LogP contribution in [0.5, 0.6) is 5.75 Å². The molecule has 37 heavy (non-hydrogen) atoms. The number of nitro benzene ring substituents is 1. The lowest BCUT2D eigenvalue weighted by Gasteiger charge is -2.36. The van der Waals surface area contributed by atoms with Gasteiger partial charge >= 0.3 is 0 Å². The number of anilines is 1. The number of ether oxygens (including phenoxy) is 1. The van der Waals surface area contributed by atoms with E-state index in [0.29, 0.717) is 49.9 Å². The molecule has 0 bridgehead atoms. The second-order valence-electron chi connectivity index (χ2n) is 8.65. The fourth-order valence-corrected chi connectivity index (χ4v) is 4.50. The zero-order chi connectivity index (χ0) is 25.8. The molecular formula is C28H27N5O4. The number of hydrogen-bond donors (Lipinski definition) is 0. The second kappa shape index (κ2) is 10.5. The lowest BCUT2D eigenvalue weighted by molar-refractivity contribution is -0.384. The zero-order valence-corrected chi connectivity index (χ0v) is 20.5. The number of nitro groups is 1. The maximum atomic E-state index is 13.7. The first kappa shape index (κ1) is 24.1. The van der Waals surface area contributed by atoms with Crippen LogP contribution in [0.25, 0.3) is 16.9 Å². The van der Waals surface area contributed by atoms with Gasteiger partial charge in [-0.15, -0.1) is 0 Å². The smallest absolute Gasteiger partial charge is 0.272 e. The Morgan fingerprint density at radius 2 is 1.62 bits per heavy atom. The van der Waals surface area contributed by atoms with Crippen LogP contribution in [0.1, 0.15) is 17.4 Å². The number of benzene rings is 3. The first-order valence-electron chi connectivity index (χ1n) is 12.2. The molecule has 0 unspecified atom stereocenters. The molecule has 0 atom stereocenters. The van der Waals surface area contributed by atoms with Gasteiger partial charge in [-0.2, -0.15) is 5.10 Å². The summed E-state index contributed by atoms with van der Waals surface area (Å²) in [6.07, 6.45) is 0. The van der Waals surface area contributed by atoms with Gasteiger partial charge in [0.15, 0.2) is 0 Å². The first-order valence-corrected chi connectivity index (χ1v) is 12.2. The molecule has 1 amide bonds. The molecule has 9 heteroatoms. The van der Waals surface area contributed by atoms with Crippen LogP contribution in [0.15, 0.2) is 84.9 Å². The molecule has 5 rings (SSSR count). The second-order valence-corrected chi connectivity index (χ2v) is 8.65. The Hall–Kier alpha value is -4.66. The van der Waals surface area contributed by atoms with Crippen molar-refractivity contribution in [2.45, 2.75) is 6.92 Å². The molecule has 0 aliphatic carbocycles. The minimum absolute atomic E-state index is 0.0180. The average Bonchev–Trinajstić information content (AvgIpc) is 3.39. The predicted molar refractivity (Wildman–Crippen MR) is 141 cm³/mol. The van der Waals surface area contributed by atoms with Crippen molar-refractivity contribution in [3.63, 3.8) is 0 Å². The highest BCUT2D eigenvalue weighted by molar-refractivity contribution is 5.94. The predicted octanol–water partition coefficient (Wildman–Crippen LogP) is 4.81. The van der Waals surface area contributed by atoms with E-state index in [1.807, 2.05) is 66.4 Å². The molecular weight excluding hydrogens is 470 g/mol. The number of amides is 1. The van der Waals surface area contributed by atoms with Crippen LogP contribution in [0.4, 0.5) is 11.4 Å². The van der Waals surface area contributed by atoms with E-state index in [1.54, 1.807) is 22.9 Å². The van der Waals surface area contributed by atoms with Crippen molar-refractivity contribution in [3.05, 3.63) is 101 Å². The molecule has 0 spiro atoms. The van der Waals surface area contributed by atoms with Crippen LogP contribution in [0, 0.1) is 10.1 Å². The SMILES string of the molecule is CCOc1ccccc1N1CCN(C(=O)c2cc(-c3ccccc3)nn2-c2ccc([N+](=O)[O-])cc2)CC1. The van der Waals surface area contributed by atoms with Gasteiger partial charge in [0.05, 0.1) is 28.6 Å². The number of para-hydroxylation sites is 2. The molecule has 1 aromatic heterocycles. The van der Waals surface area contributed by atoms with E-state index in [1.165, 1.54) is 12.1 Å². The first-order chi connectivity index (χ1) is 18.0. The summed E-state index contributed by atoms with van der Waals surface area (Å²) in [5.41, 5.74) is 3.55. The average molecular weight is 498 g/mol. The summed E-state index contributed by atoms with van der Waals surface area (Å²) < 4.78 is 7.37. The molecule has 188 valence electrons. The quantitative estimate of drug-likeness (QED) is 0.269. The third kappa shape index (κ3) is 5.02. The van der Waals surface area contributed by atoms with Crippen molar-refractivity contribution in [2.75, 3.05) is 37.7 Å². The Labute approximate surface area is 214 Å². The van der Waals surface area contributed by atoms with Gasteiger partial charge in [-0.3, -0.25) is 14.9 Å². The number of hydrogen-bond acceptors (Lipinski definition) is 6. The number of carbonyl (C=O) groups excluding carboxylic acids is 1. The molecule has 9 nitrogen and oxygen atoms in total. The zero-order valence-electron chi connectivity index (χ0n) is 20.5. The van der Waals surface area contributed by atoms with Gasteiger partial charge in [0, 0.05) is 43.9 Å². The molecule has 0 N–H and O–H groups in total. The van der Waals surface area contributed by atoms with Crippen molar-refractivity contribution in [1.82, 2.24) is 14.7 Å². The molecule has 4 aromatic rings. The largest absolute Gasteiger partial charge is 0.492 e. The maximum absolute atomic E-state index is 13.7. The minimum Gasteiger partial charge on any atom is -0.492 e. The van der Waals surface area contributed by atoms with Crippen molar-refractivity contribution in [2.24, 2.45) is 0 Å². The summed E-state index contributed by atoms with van der Waals surface area (Å²) in [6, 6.07) is 25.4. The Balaban J connectivity index is 1.41. The van der Waals surface area contributed by atoms with Gasteiger partial charge in [0.1, 0.15) is 11.4 Å². The molecule has 2 heterocycles. The van der Waals surface area contributed by atoms with Crippen molar-refractivity contribution >= 4 is 17.3 Å². The Kier molecular flexibility index (Phi) is 6.85. The summed E-state index contributed by atoms with van der Waals surface area (Å²) in [7, 11) is 0. The van der Waals surface area contributed by atoms with Gasteiger partial charge in [0.2, 0.25) is 0 Å². The number of aromatic nitrogens is 2. The fraction of sp³-hybridized carbons (Fsp3) is 0.214. The van der Waals surface area contributed by atoms with Gasteiger partial charge in [-0.25, -0.2) is 4.68 Å². The number of carbonyl (C=O) groups is 1. The molecule has 0 radical (unpaired) electrons. The van der Waals surface area contributed by atoms with E-state index < -0.39 is 4.92 Å². The van der Waals surface area contributed by atoms with Crippen LogP contribution in [-0.4, -0.2) is 58.3 Å². The summed E-state index contributed by atoms with van der Waals surface area (Å²) in [4.78, 5) is 28.5. The third-order valence-electron chi connectivity index (χ3n) is 6.38. The fourth-order valence-electron chi connectivity index (χ4n) is 4.50. The van der Waals surface area contributed by atoms with Gasteiger partial charge in [0.25, 0.3) is 11.6 Å². The van der Waals surface area contributed by atoms with Gasteiger partial charge in [-0.1, -0.05) is 42.5 Å². The molecule has 1 aliphatic heterocycles. The lowest BCUT2D eigenvalue weighted by atomic mass is 10.1. The summed E-state index contributed by atoms with van der Waals surface area (Å²) >= 11 is 0. The van der Waals surface area contributed by atoms with E-state index in [0.717, 1.165) is 17.0 Å². The summed E-state index contributed by atoms with van der Waals surface area (Å²) in [5.74, 6) is 0.708. The number of non-ortho nitro benzene ring substituents is 1. The maximum Gasteiger partial charge on any atom is 0.272 e. The summed E-state index contributed by atoms with van der Waals surface area (Å²) in [5, 5.41) is 15.8. The minimum atomic E-state index is -0.447. The summed E-state index contributed by atoms with van der Waals surface area (Å²) in [6.45, 7) is 4.99. The van der Waals surface area contributed by atoms with E-state index in [-0.39, 0.29) is 11.6 Å². The van der Waals surface area contributed by atoms with Crippen molar-refractivity contribution in [1.29, 1.82) is 0 Å². The van der Waals surface area contributed by atoms with E-state index in [4.69, 9.17) is 9.84 Å². The molecule has 1 saturated heterocycles. The molecule has 1 fully saturated rings. The highest BCUT2D eigenvalue weighted by Crippen LogP contribution is 2.29. The van der Waals surface area contributed by atoms with Gasteiger partial charge < -0.3 is 14.5 Å². The highest BCUT2D eigenvalue weighted by Gasteiger charge is 2.27. The topological polar surface area (TPSA) is 93.7 Å². The molecule has 0 saturated carbocycles. The van der Waals surface area contributed by atoms with E-state index in [9.17, 15) is 14.9 Å². The van der Waals surface area contributed by atoms with Gasteiger partial charge in [-0.05, 0) is 37.3 Å². The van der Waals surface area contributed by atoms with Crippen LogP contribution in [0.3, 0.4) is 0 Å². The normalized spacial score (nSPS) is 13.4. The van der Waals surface area contributed by atoms with Crippen LogP contribution in [-0.2, 0) is 0 Å².